The Morgan fingerprint density at radius 3 is 2.23 bits per heavy atom. The van der Waals surface area contributed by atoms with Crippen molar-refractivity contribution in [1.29, 1.82) is 0 Å². The fourth-order valence-corrected chi connectivity index (χ4v) is 3.45. The smallest absolute Gasteiger partial charge is 0.313 e. The second-order valence-electron chi connectivity index (χ2n) is 7.25. The Hall–Kier alpha value is -3.11. The first-order chi connectivity index (χ1) is 14.4. The summed E-state index contributed by atoms with van der Waals surface area (Å²) in [5.41, 5.74) is 4.05. The summed E-state index contributed by atoms with van der Waals surface area (Å²) in [4.78, 5) is 25.6. The highest BCUT2D eigenvalue weighted by atomic mass is 35.5. The average Bonchev–Trinajstić information content (AvgIpc) is 2.74. The van der Waals surface area contributed by atoms with Crippen LogP contribution < -0.4 is 10.1 Å². The van der Waals surface area contributed by atoms with Gasteiger partial charge in [-0.3, -0.25) is 9.59 Å². The Kier molecular flexibility index (Phi) is 6.91. The molecule has 154 valence electrons. The van der Waals surface area contributed by atoms with Crippen LogP contribution in [0.2, 0.25) is 5.02 Å². The lowest BCUT2D eigenvalue weighted by Gasteiger charge is -2.20. The summed E-state index contributed by atoms with van der Waals surface area (Å²) in [5, 5.41) is 3.28. The number of benzene rings is 3. The molecule has 5 heteroatoms. The maximum absolute atomic E-state index is 12.8. The van der Waals surface area contributed by atoms with Gasteiger partial charge in [0.2, 0.25) is 0 Å². The van der Waals surface area contributed by atoms with Crippen LogP contribution in [0.15, 0.2) is 66.7 Å². The van der Waals surface area contributed by atoms with Crippen LogP contribution in [0.1, 0.15) is 45.1 Å². The molecule has 0 aliphatic carbocycles. The molecule has 0 fully saturated rings. The SMILES string of the molecule is Cc1ccc(C)c(OC(=O)C[C@@H](NC(=O)c2ccccc2Cl)c2ccccc2)c1C. The molecule has 0 aliphatic heterocycles. The fraction of sp³-hybridized carbons (Fsp3) is 0.200. The number of rotatable bonds is 6. The van der Waals surface area contributed by atoms with Crippen molar-refractivity contribution in [2.24, 2.45) is 0 Å². The first kappa shape index (κ1) is 21.6. The molecule has 0 heterocycles. The van der Waals surface area contributed by atoms with Gasteiger partial charge in [0.15, 0.2) is 0 Å². The summed E-state index contributed by atoms with van der Waals surface area (Å²) in [5.74, 6) is -0.186. The third-order valence-corrected chi connectivity index (χ3v) is 5.42. The molecule has 30 heavy (non-hydrogen) atoms. The van der Waals surface area contributed by atoms with Crippen LogP contribution in [-0.2, 0) is 4.79 Å². The molecule has 0 radical (unpaired) electrons. The highest BCUT2D eigenvalue weighted by Crippen LogP contribution is 2.27. The van der Waals surface area contributed by atoms with Gasteiger partial charge >= 0.3 is 5.97 Å². The van der Waals surface area contributed by atoms with Crippen molar-refractivity contribution in [2.75, 3.05) is 0 Å². The Morgan fingerprint density at radius 1 is 0.900 bits per heavy atom. The average molecular weight is 422 g/mol. The van der Waals surface area contributed by atoms with Gasteiger partial charge in [-0.25, -0.2) is 0 Å². The molecule has 0 bridgehead atoms. The predicted molar refractivity (Wildman–Crippen MR) is 119 cm³/mol. The summed E-state index contributed by atoms with van der Waals surface area (Å²) in [6.07, 6.45) is -0.00692. The van der Waals surface area contributed by atoms with E-state index in [1.54, 1.807) is 24.3 Å². The first-order valence-electron chi connectivity index (χ1n) is 9.74. The zero-order valence-corrected chi connectivity index (χ0v) is 18.0. The van der Waals surface area contributed by atoms with Crippen LogP contribution in [-0.4, -0.2) is 11.9 Å². The van der Waals surface area contributed by atoms with Crippen molar-refractivity contribution in [3.63, 3.8) is 0 Å². The van der Waals surface area contributed by atoms with Crippen molar-refractivity contribution >= 4 is 23.5 Å². The quantitative estimate of drug-likeness (QED) is 0.408. The largest absolute Gasteiger partial charge is 0.426 e. The van der Waals surface area contributed by atoms with Crippen LogP contribution in [0.4, 0.5) is 0 Å². The maximum atomic E-state index is 12.8. The molecule has 1 amide bonds. The number of hydrogen-bond donors (Lipinski definition) is 1. The summed E-state index contributed by atoms with van der Waals surface area (Å²) in [7, 11) is 0. The number of esters is 1. The van der Waals surface area contributed by atoms with Crippen LogP contribution in [0, 0.1) is 20.8 Å². The van der Waals surface area contributed by atoms with E-state index in [4.69, 9.17) is 16.3 Å². The third-order valence-electron chi connectivity index (χ3n) is 5.09. The molecule has 4 nitrogen and oxygen atoms in total. The van der Waals surface area contributed by atoms with Crippen molar-refractivity contribution in [3.8, 4) is 5.75 Å². The van der Waals surface area contributed by atoms with Crippen molar-refractivity contribution in [1.82, 2.24) is 5.32 Å². The van der Waals surface area contributed by atoms with Gasteiger partial charge in [-0.2, -0.15) is 0 Å². The van der Waals surface area contributed by atoms with E-state index in [9.17, 15) is 9.59 Å². The van der Waals surface area contributed by atoms with E-state index >= 15 is 0 Å². The minimum atomic E-state index is -0.548. The van der Waals surface area contributed by atoms with Crippen LogP contribution in [0.25, 0.3) is 0 Å². The monoisotopic (exact) mass is 421 g/mol. The summed E-state index contributed by atoms with van der Waals surface area (Å²) < 4.78 is 5.70. The van der Waals surface area contributed by atoms with Crippen molar-refractivity contribution in [3.05, 3.63) is 99.6 Å². The number of carbonyl (C=O) groups excluding carboxylic acids is 2. The molecule has 3 rings (SSSR count). The standard InChI is InChI=1S/C25H24ClNO3/c1-16-13-14-17(2)24(18(16)3)30-23(28)15-22(19-9-5-4-6-10-19)27-25(29)20-11-7-8-12-21(20)26/h4-14,22H,15H2,1-3H3,(H,27,29)/t22-/m1/s1. The van der Waals surface area contributed by atoms with E-state index in [-0.39, 0.29) is 12.3 Å². The molecule has 0 aliphatic rings. The maximum Gasteiger partial charge on any atom is 0.313 e. The second kappa shape index (κ2) is 9.59. The molecular weight excluding hydrogens is 398 g/mol. The van der Waals surface area contributed by atoms with Gasteiger partial charge in [0.1, 0.15) is 5.75 Å². The van der Waals surface area contributed by atoms with E-state index in [0.29, 0.717) is 16.3 Å². The van der Waals surface area contributed by atoms with Gasteiger partial charge in [0.05, 0.1) is 23.0 Å². The Labute approximate surface area is 181 Å². The molecule has 0 saturated carbocycles. The van der Waals surface area contributed by atoms with Crippen LogP contribution in [0.3, 0.4) is 0 Å². The molecule has 3 aromatic carbocycles. The fourth-order valence-electron chi connectivity index (χ4n) is 3.22. The topological polar surface area (TPSA) is 55.4 Å². The normalized spacial score (nSPS) is 11.6. The van der Waals surface area contributed by atoms with Gasteiger partial charge in [-0.05, 0) is 55.2 Å². The lowest BCUT2D eigenvalue weighted by molar-refractivity contribution is -0.135. The van der Waals surface area contributed by atoms with Gasteiger partial charge in [0, 0.05) is 0 Å². The predicted octanol–water partition coefficient (Wildman–Crippen LogP) is 5.73. The van der Waals surface area contributed by atoms with E-state index in [1.807, 2.05) is 63.2 Å². The minimum Gasteiger partial charge on any atom is -0.426 e. The zero-order valence-electron chi connectivity index (χ0n) is 17.2. The Balaban J connectivity index is 1.82. The summed E-state index contributed by atoms with van der Waals surface area (Å²) in [6, 6.07) is 19.5. The van der Waals surface area contributed by atoms with Gasteiger partial charge in [-0.15, -0.1) is 0 Å². The number of carbonyl (C=O) groups is 2. The number of nitrogens with one attached hydrogen (secondary N) is 1. The van der Waals surface area contributed by atoms with Crippen molar-refractivity contribution < 1.29 is 14.3 Å². The van der Waals surface area contributed by atoms with E-state index < -0.39 is 12.0 Å². The second-order valence-corrected chi connectivity index (χ2v) is 7.66. The first-order valence-corrected chi connectivity index (χ1v) is 10.1. The van der Waals surface area contributed by atoms with Crippen molar-refractivity contribution in [2.45, 2.75) is 33.2 Å². The number of halogens is 1. The van der Waals surface area contributed by atoms with E-state index in [0.717, 1.165) is 22.3 Å². The molecule has 3 aromatic rings. The number of amides is 1. The van der Waals surface area contributed by atoms with Gasteiger partial charge in [0.25, 0.3) is 5.91 Å². The molecule has 0 unspecified atom stereocenters. The number of hydrogen-bond acceptors (Lipinski definition) is 3. The highest BCUT2D eigenvalue weighted by Gasteiger charge is 2.22. The molecule has 0 spiro atoms. The number of ether oxygens (including phenoxy) is 1. The summed E-state index contributed by atoms with van der Waals surface area (Å²) in [6.45, 7) is 5.81. The molecule has 1 N–H and O–H groups in total. The Morgan fingerprint density at radius 2 is 1.53 bits per heavy atom. The molecule has 0 aromatic heterocycles. The Bertz CT molecular complexity index is 1060. The van der Waals surface area contributed by atoms with E-state index in [2.05, 4.69) is 5.32 Å². The summed E-state index contributed by atoms with van der Waals surface area (Å²) >= 11 is 6.16. The van der Waals surface area contributed by atoms with Crippen LogP contribution >= 0.6 is 11.6 Å². The highest BCUT2D eigenvalue weighted by molar-refractivity contribution is 6.33. The minimum absolute atomic E-state index is 0.00692. The zero-order chi connectivity index (χ0) is 21.7. The molecule has 0 saturated heterocycles. The lowest BCUT2D eigenvalue weighted by atomic mass is 10.0. The van der Waals surface area contributed by atoms with Gasteiger partial charge in [-0.1, -0.05) is 66.2 Å². The molecule has 1 atom stereocenters. The number of aryl methyl sites for hydroxylation is 2. The lowest BCUT2D eigenvalue weighted by Crippen LogP contribution is -2.31. The van der Waals surface area contributed by atoms with Gasteiger partial charge < -0.3 is 10.1 Å². The third kappa shape index (κ3) is 5.08. The van der Waals surface area contributed by atoms with Crippen LogP contribution in [0.5, 0.6) is 5.75 Å². The molecular formula is C25H24ClNO3. The van der Waals surface area contributed by atoms with E-state index in [1.165, 1.54) is 0 Å².